The van der Waals surface area contributed by atoms with Gasteiger partial charge in [-0.25, -0.2) is 9.79 Å². The highest BCUT2D eigenvalue weighted by Gasteiger charge is 2.26. The van der Waals surface area contributed by atoms with Gasteiger partial charge in [0.2, 0.25) is 6.08 Å². The van der Waals surface area contributed by atoms with Gasteiger partial charge in [0.1, 0.15) is 0 Å². The molecule has 0 saturated carbocycles. The number of isocyanates is 1. The van der Waals surface area contributed by atoms with E-state index in [1.807, 2.05) is 24.3 Å². The molecule has 0 radical (unpaired) electrons. The Kier molecular flexibility index (Phi) is 3.84. The van der Waals surface area contributed by atoms with E-state index in [-0.39, 0.29) is 11.7 Å². The summed E-state index contributed by atoms with van der Waals surface area (Å²) >= 11 is 0. The normalized spacial score (nSPS) is 18.4. The van der Waals surface area contributed by atoms with Crippen LogP contribution in [0.15, 0.2) is 29.3 Å². The molecule has 0 aromatic heterocycles. The number of carbonyl (C=O) groups excluding carboxylic acids is 2. The topological polar surface area (TPSA) is 46.5 Å². The quantitative estimate of drug-likeness (QED) is 0.452. The minimum atomic E-state index is 0.103. The molecule has 3 nitrogen and oxygen atoms in total. The summed E-state index contributed by atoms with van der Waals surface area (Å²) in [5.41, 5.74) is 2.04. The molecular formula is C14H15NO2. The lowest BCUT2D eigenvalue weighted by molar-refractivity contribution is 0.0894. The van der Waals surface area contributed by atoms with Crippen molar-refractivity contribution >= 4 is 11.9 Å². The standard InChI is InChI=1S/C14H15NO2/c16-10-15-9-3-5-12-8-7-11-4-1-2-6-13(11)14(12)17/h1-2,4,6,12H,3,5,7-9H2. The number of Topliss-reactive ketones (excluding diaryl/α,β-unsaturated/α-hetero) is 1. The van der Waals surface area contributed by atoms with E-state index in [9.17, 15) is 9.59 Å². The van der Waals surface area contributed by atoms with Crippen LogP contribution < -0.4 is 0 Å². The van der Waals surface area contributed by atoms with Crippen molar-refractivity contribution in [1.29, 1.82) is 0 Å². The first-order chi connectivity index (χ1) is 8.33. The zero-order valence-corrected chi connectivity index (χ0v) is 9.69. The summed E-state index contributed by atoms with van der Waals surface area (Å²) in [6.45, 7) is 0.481. The molecule has 0 fully saturated rings. The van der Waals surface area contributed by atoms with Gasteiger partial charge >= 0.3 is 0 Å². The van der Waals surface area contributed by atoms with Crippen molar-refractivity contribution in [3.63, 3.8) is 0 Å². The molecular weight excluding hydrogens is 214 g/mol. The maximum Gasteiger partial charge on any atom is 0.234 e. The fourth-order valence-electron chi connectivity index (χ4n) is 2.40. The molecule has 0 aliphatic heterocycles. The average molecular weight is 229 g/mol. The number of rotatable bonds is 4. The Morgan fingerprint density at radius 1 is 1.35 bits per heavy atom. The molecule has 1 aromatic carbocycles. The number of hydrogen-bond acceptors (Lipinski definition) is 3. The van der Waals surface area contributed by atoms with Gasteiger partial charge < -0.3 is 0 Å². The maximum absolute atomic E-state index is 12.2. The van der Waals surface area contributed by atoms with Gasteiger partial charge in [-0.15, -0.1) is 0 Å². The smallest absolute Gasteiger partial charge is 0.234 e. The molecule has 0 N–H and O–H groups in total. The lowest BCUT2D eigenvalue weighted by Gasteiger charge is -2.22. The Morgan fingerprint density at radius 2 is 2.18 bits per heavy atom. The number of nitrogens with zero attached hydrogens (tertiary/aromatic N) is 1. The Labute approximate surface area is 101 Å². The molecule has 0 heterocycles. The maximum atomic E-state index is 12.2. The van der Waals surface area contributed by atoms with Crippen LogP contribution in [-0.4, -0.2) is 18.4 Å². The molecule has 3 heteroatoms. The van der Waals surface area contributed by atoms with Crippen LogP contribution in [0, 0.1) is 5.92 Å². The second-order valence-corrected chi connectivity index (χ2v) is 4.37. The molecule has 0 saturated heterocycles. The van der Waals surface area contributed by atoms with Crippen molar-refractivity contribution in [3.8, 4) is 0 Å². The van der Waals surface area contributed by atoms with E-state index in [4.69, 9.17) is 0 Å². The van der Waals surface area contributed by atoms with Crippen LogP contribution in [0.25, 0.3) is 0 Å². The van der Waals surface area contributed by atoms with Gasteiger partial charge in [0.05, 0.1) is 6.54 Å². The van der Waals surface area contributed by atoms with Crippen molar-refractivity contribution < 1.29 is 9.59 Å². The van der Waals surface area contributed by atoms with E-state index >= 15 is 0 Å². The van der Waals surface area contributed by atoms with Crippen molar-refractivity contribution in [3.05, 3.63) is 35.4 Å². The van der Waals surface area contributed by atoms with Crippen molar-refractivity contribution in [2.45, 2.75) is 25.7 Å². The number of aryl methyl sites for hydroxylation is 1. The highest BCUT2D eigenvalue weighted by molar-refractivity contribution is 6.00. The molecule has 0 bridgehead atoms. The monoisotopic (exact) mass is 229 g/mol. The summed E-state index contributed by atoms with van der Waals surface area (Å²) in [5.74, 6) is 0.355. The van der Waals surface area contributed by atoms with Gasteiger partial charge in [0.25, 0.3) is 0 Å². The summed E-state index contributed by atoms with van der Waals surface area (Å²) in [5, 5.41) is 0. The van der Waals surface area contributed by atoms with E-state index < -0.39 is 0 Å². The van der Waals surface area contributed by atoms with Crippen molar-refractivity contribution in [2.24, 2.45) is 10.9 Å². The summed E-state index contributed by atoms with van der Waals surface area (Å²) < 4.78 is 0. The van der Waals surface area contributed by atoms with Crippen LogP contribution in [-0.2, 0) is 11.2 Å². The third-order valence-corrected chi connectivity index (χ3v) is 3.30. The molecule has 0 amide bonds. The van der Waals surface area contributed by atoms with E-state index in [1.165, 1.54) is 11.6 Å². The number of fused-ring (bicyclic) bond motifs is 1. The molecule has 0 spiro atoms. The Hall–Kier alpha value is -1.73. The molecule has 1 aliphatic carbocycles. The summed E-state index contributed by atoms with van der Waals surface area (Å²) in [6, 6.07) is 7.83. The van der Waals surface area contributed by atoms with Crippen LogP contribution in [0.4, 0.5) is 0 Å². The highest BCUT2D eigenvalue weighted by Crippen LogP contribution is 2.28. The summed E-state index contributed by atoms with van der Waals surface area (Å²) in [4.78, 5) is 25.6. The molecule has 2 rings (SSSR count). The summed E-state index contributed by atoms with van der Waals surface area (Å²) in [6.07, 6.45) is 5.02. The second kappa shape index (κ2) is 5.55. The first kappa shape index (κ1) is 11.7. The second-order valence-electron chi connectivity index (χ2n) is 4.37. The van der Waals surface area contributed by atoms with Crippen LogP contribution in [0.3, 0.4) is 0 Å². The third-order valence-electron chi connectivity index (χ3n) is 3.30. The molecule has 1 aromatic rings. The Balaban J connectivity index is 2.00. The van der Waals surface area contributed by atoms with E-state index in [0.717, 1.165) is 31.2 Å². The fourth-order valence-corrected chi connectivity index (χ4v) is 2.40. The van der Waals surface area contributed by atoms with Crippen LogP contribution in [0.2, 0.25) is 0 Å². The lowest BCUT2D eigenvalue weighted by Crippen LogP contribution is -2.22. The number of aliphatic imine (C=N–C) groups is 1. The zero-order valence-electron chi connectivity index (χ0n) is 9.69. The van der Waals surface area contributed by atoms with Gasteiger partial charge in [-0.2, -0.15) is 0 Å². The number of carbonyl (C=O) groups is 1. The molecule has 88 valence electrons. The first-order valence-corrected chi connectivity index (χ1v) is 5.98. The number of hydrogen-bond donors (Lipinski definition) is 0. The van der Waals surface area contributed by atoms with Crippen LogP contribution >= 0.6 is 0 Å². The Morgan fingerprint density at radius 3 is 3.00 bits per heavy atom. The zero-order chi connectivity index (χ0) is 12.1. The van der Waals surface area contributed by atoms with Gasteiger partial charge in [0.15, 0.2) is 5.78 Å². The predicted octanol–water partition coefficient (Wildman–Crippen LogP) is 2.55. The molecule has 1 atom stereocenters. The van der Waals surface area contributed by atoms with E-state index in [1.54, 1.807) is 0 Å². The minimum absolute atomic E-state index is 0.103. The highest BCUT2D eigenvalue weighted by atomic mass is 16.1. The predicted molar refractivity (Wildman–Crippen MR) is 64.8 cm³/mol. The lowest BCUT2D eigenvalue weighted by atomic mass is 9.80. The van der Waals surface area contributed by atoms with Crippen LogP contribution in [0.1, 0.15) is 35.2 Å². The molecule has 1 unspecified atom stereocenters. The first-order valence-electron chi connectivity index (χ1n) is 5.98. The average Bonchev–Trinajstić information content (AvgIpc) is 2.37. The Bertz CT molecular complexity index is 461. The number of ketones is 1. The van der Waals surface area contributed by atoms with Gasteiger partial charge in [0, 0.05) is 11.5 Å². The SMILES string of the molecule is O=C=NCCCC1CCc2ccccc2C1=O. The number of benzene rings is 1. The minimum Gasteiger partial charge on any atom is -0.294 e. The van der Waals surface area contributed by atoms with E-state index in [2.05, 4.69) is 4.99 Å². The fraction of sp³-hybridized carbons (Fsp3) is 0.429. The van der Waals surface area contributed by atoms with Gasteiger partial charge in [-0.05, 0) is 31.2 Å². The van der Waals surface area contributed by atoms with Crippen molar-refractivity contribution in [1.82, 2.24) is 0 Å². The van der Waals surface area contributed by atoms with Crippen LogP contribution in [0.5, 0.6) is 0 Å². The largest absolute Gasteiger partial charge is 0.294 e. The molecule has 17 heavy (non-hydrogen) atoms. The third kappa shape index (κ3) is 2.69. The summed E-state index contributed by atoms with van der Waals surface area (Å²) in [7, 11) is 0. The van der Waals surface area contributed by atoms with Gasteiger partial charge in [-0.3, -0.25) is 4.79 Å². The van der Waals surface area contributed by atoms with E-state index in [0.29, 0.717) is 6.54 Å². The van der Waals surface area contributed by atoms with Crippen molar-refractivity contribution in [2.75, 3.05) is 6.54 Å². The molecule has 1 aliphatic rings. The van der Waals surface area contributed by atoms with Gasteiger partial charge in [-0.1, -0.05) is 24.3 Å².